The fraction of sp³-hybridized carbons (Fsp3) is 0.333. The van der Waals surface area contributed by atoms with Crippen LogP contribution in [0, 0.1) is 0 Å². The Kier molecular flexibility index (Phi) is 1.41. The smallest absolute Gasteiger partial charge is 0.152 e. The third-order valence-electron chi connectivity index (χ3n) is 1.23. The van der Waals surface area contributed by atoms with Crippen molar-refractivity contribution < 1.29 is 10.2 Å². The highest BCUT2D eigenvalue weighted by Crippen LogP contribution is 2.12. The molecule has 56 valence electrons. The summed E-state index contributed by atoms with van der Waals surface area (Å²) in [6, 6.07) is 0. The van der Waals surface area contributed by atoms with E-state index in [1.807, 2.05) is 0 Å². The minimum absolute atomic E-state index is 1.23. The molecule has 0 heterocycles. The molecule has 1 rings (SSSR count). The summed E-state index contributed by atoms with van der Waals surface area (Å²) in [5, 5.41) is 18.1. The van der Waals surface area contributed by atoms with Crippen LogP contribution in [0.5, 0.6) is 0 Å². The van der Waals surface area contributed by atoms with Crippen LogP contribution in [0.25, 0.3) is 0 Å². The first-order valence-electron chi connectivity index (χ1n) is 2.85. The van der Waals surface area contributed by atoms with Gasteiger partial charge < -0.3 is 10.2 Å². The number of hydrogen-bond acceptors (Lipinski definition) is 4. The highest BCUT2D eigenvalue weighted by molar-refractivity contribution is 5.25. The molecule has 6 N–H and O–H groups in total. The Balaban J connectivity index is 2.81. The van der Waals surface area contributed by atoms with Gasteiger partial charge in [0.05, 0.1) is 0 Å². The first-order valence-corrected chi connectivity index (χ1v) is 2.85. The molecule has 1 aliphatic rings. The van der Waals surface area contributed by atoms with E-state index in [0.29, 0.717) is 0 Å². The largest absolute Gasteiger partial charge is 0.369 e. The quantitative estimate of drug-likeness (QED) is 0.242. The second kappa shape index (κ2) is 1.90. The topological polar surface area (TPSA) is 92.5 Å². The molecule has 0 aromatic heterocycles. The Morgan fingerprint density at radius 1 is 0.800 bits per heavy atom. The van der Waals surface area contributed by atoms with Crippen molar-refractivity contribution in [2.45, 2.75) is 11.4 Å². The number of hydrogen-bond donors (Lipinski definition) is 4. The molecule has 4 nitrogen and oxygen atoms in total. The van der Waals surface area contributed by atoms with Gasteiger partial charge in [-0.1, -0.05) is 0 Å². The summed E-state index contributed by atoms with van der Waals surface area (Å²) in [6.07, 6.45) is 4.92. The first-order chi connectivity index (χ1) is 4.41. The molecule has 10 heavy (non-hydrogen) atoms. The molecule has 0 saturated carbocycles. The number of rotatable bonds is 0. The molecule has 1 aliphatic carbocycles. The van der Waals surface area contributed by atoms with Gasteiger partial charge in [-0.05, 0) is 24.3 Å². The van der Waals surface area contributed by atoms with Gasteiger partial charge in [0, 0.05) is 0 Å². The lowest BCUT2D eigenvalue weighted by Gasteiger charge is -2.24. The van der Waals surface area contributed by atoms with Gasteiger partial charge in [0.2, 0.25) is 0 Å². The Labute approximate surface area is 58.4 Å². The molecule has 0 saturated heterocycles. The van der Waals surface area contributed by atoms with Crippen molar-refractivity contribution in [2.24, 2.45) is 11.5 Å². The summed E-state index contributed by atoms with van der Waals surface area (Å²) in [5.74, 6) is 0. The second-order valence-corrected chi connectivity index (χ2v) is 2.44. The van der Waals surface area contributed by atoms with Crippen molar-refractivity contribution in [1.82, 2.24) is 0 Å². The lowest BCUT2D eigenvalue weighted by molar-refractivity contribution is 0.114. The SMILES string of the molecule is NC1(O)C=CC(N)(O)C=C1. The van der Waals surface area contributed by atoms with Gasteiger partial charge in [0.1, 0.15) is 0 Å². The van der Waals surface area contributed by atoms with Crippen molar-refractivity contribution in [3.63, 3.8) is 0 Å². The lowest BCUT2D eigenvalue weighted by Crippen LogP contribution is -2.44. The molecule has 0 aliphatic heterocycles. The van der Waals surface area contributed by atoms with Gasteiger partial charge >= 0.3 is 0 Å². The summed E-state index contributed by atoms with van der Waals surface area (Å²) in [4.78, 5) is 0. The van der Waals surface area contributed by atoms with Crippen molar-refractivity contribution in [1.29, 1.82) is 0 Å². The second-order valence-electron chi connectivity index (χ2n) is 2.44. The molecule has 0 fully saturated rings. The normalized spacial score (nSPS) is 46.0. The summed E-state index contributed by atoms with van der Waals surface area (Å²) < 4.78 is 0. The maximum atomic E-state index is 9.04. The molecule has 0 spiro atoms. The maximum absolute atomic E-state index is 9.04. The van der Waals surface area contributed by atoms with Gasteiger partial charge in [-0.2, -0.15) is 0 Å². The van der Waals surface area contributed by atoms with Crippen molar-refractivity contribution in [3.8, 4) is 0 Å². The van der Waals surface area contributed by atoms with E-state index >= 15 is 0 Å². The summed E-state index contributed by atoms with van der Waals surface area (Å²) in [5.41, 5.74) is 7.49. The van der Waals surface area contributed by atoms with E-state index in [1.54, 1.807) is 0 Å². The van der Waals surface area contributed by atoms with Crippen LogP contribution in [0.4, 0.5) is 0 Å². The van der Waals surface area contributed by atoms with Gasteiger partial charge in [-0.3, -0.25) is 11.5 Å². The zero-order valence-corrected chi connectivity index (χ0v) is 5.36. The standard InChI is InChI=1S/C6H10N2O2/c7-5(9)1-2-6(8,10)4-3-5/h1-4,9-10H,7-8H2. The zero-order chi connectivity index (χ0) is 7.83. The summed E-state index contributed by atoms with van der Waals surface area (Å²) in [7, 11) is 0. The van der Waals surface area contributed by atoms with Gasteiger partial charge in [0.25, 0.3) is 0 Å². The predicted octanol–water partition coefficient (Wildman–Crippen LogP) is -1.59. The molecule has 0 bridgehead atoms. The van der Waals surface area contributed by atoms with Crippen LogP contribution in [-0.4, -0.2) is 21.7 Å². The lowest BCUT2D eigenvalue weighted by atomic mass is 10.0. The van der Waals surface area contributed by atoms with Crippen LogP contribution in [0.15, 0.2) is 24.3 Å². The molecule has 0 atom stereocenters. The highest BCUT2D eigenvalue weighted by Gasteiger charge is 2.23. The van der Waals surface area contributed by atoms with E-state index in [2.05, 4.69) is 0 Å². The molecule has 0 radical (unpaired) electrons. The van der Waals surface area contributed by atoms with E-state index < -0.39 is 11.4 Å². The van der Waals surface area contributed by atoms with Crippen molar-refractivity contribution in [3.05, 3.63) is 24.3 Å². The van der Waals surface area contributed by atoms with Crippen LogP contribution in [0.1, 0.15) is 0 Å². The molecular weight excluding hydrogens is 132 g/mol. The Hall–Kier alpha value is -0.680. The van der Waals surface area contributed by atoms with E-state index in [0.717, 1.165) is 0 Å². The van der Waals surface area contributed by atoms with E-state index in [4.69, 9.17) is 21.7 Å². The van der Waals surface area contributed by atoms with E-state index in [-0.39, 0.29) is 0 Å². The van der Waals surface area contributed by atoms with Crippen LogP contribution < -0.4 is 11.5 Å². The maximum Gasteiger partial charge on any atom is 0.152 e. The summed E-state index contributed by atoms with van der Waals surface area (Å²) in [6.45, 7) is 0. The fourth-order valence-electron chi connectivity index (χ4n) is 0.645. The molecular formula is C6H10N2O2. The zero-order valence-electron chi connectivity index (χ0n) is 5.36. The molecule has 0 aromatic rings. The van der Waals surface area contributed by atoms with E-state index in [9.17, 15) is 0 Å². The van der Waals surface area contributed by atoms with Crippen molar-refractivity contribution >= 4 is 0 Å². The molecule has 0 amide bonds. The third kappa shape index (κ3) is 1.65. The number of aliphatic hydroxyl groups is 2. The Morgan fingerprint density at radius 2 is 1.00 bits per heavy atom. The average molecular weight is 142 g/mol. The van der Waals surface area contributed by atoms with Crippen molar-refractivity contribution in [2.75, 3.05) is 0 Å². The third-order valence-corrected chi connectivity index (χ3v) is 1.23. The van der Waals surface area contributed by atoms with Crippen LogP contribution in [0.3, 0.4) is 0 Å². The van der Waals surface area contributed by atoms with Gasteiger partial charge in [-0.25, -0.2) is 0 Å². The monoisotopic (exact) mass is 142 g/mol. The van der Waals surface area contributed by atoms with Crippen LogP contribution >= 0.6 is 0 Å². The van der Waals surface area contributed by atoms with Gasteiger partial charge in [-0.15, -0.1) is 0 Å². The average Bonchev–Trinajstić information content (AvgIpc) is 1.79. The fourth-order valence-corrected chi connectivity index (χ4v) is 0.645. The number of nitrogens with two attached hydrogens (primary N) is 2. The van der Waals surface area contributed by atoms with Crippen LogP contribution in [0.2, 0.25) is 0 Å². The Bertz CT molecular complexity index is 156. The van der Waals surface area contributed by atoms with Gasteiger partial charge in [0.15, 0.2) is 11.4 Å². The molecule has 0 unspecified atom stereocenters. The highest BCUT2D eigenvalue weighted by atomic mass is 16.3. The minimum Gasteiger partial charge on any atom is -0.369 e. The van der Waals surface area contributed by atoms with Crippen LogP contribution in [-0.2, 0) is 0 Å². The first kappa shape index (κ1) is 7.43. The summed E-state index contributed by atoms with van der Waals surface area (Å²) >= 11 is 0. The molecule has 4 heteroatoms. The molecule has 0 aromatic carbocycles. The minimum atomic E-state index is -1.47. The van der Waals surface area contributed by atoms with E-state index in [1.165, 1.54) is 24.3 Å². The predicted molar refractivity (Wildman–Crippen MR) is 36.6 cm³/mol. The Morgan fingerprint density at radius 3 is 1.20 bits per heavy atom.